The topological polar surface area (TPSA) is 108 Å². The maximum Gasteiger partial charge on any atom is 0.371 e. The van der Waals surface area contributed by atoms with Crippen LogP contribution in [0.25, 0.3) is 11.0 Å². The van der Waals surface area contributed by atoms with Gasteiger partial charge in [-0.25, -0.2) is 4.79 Å². The van der Waals surface area contributed by atoms with E-state index in [-0.39, 0.29) is 17.1 Å². The van der Waals surface area contributed by atoms with Gasteiger partial charge in [-0.1, -0.05) is 18.2 Å². The molecule has 2 aromatic carbocycles. The molecular formula is C24H20O8. The predicted octanol–water partition coefficient (Wildman–Crippen LogP) is 3.87. The van der Waals surface area contributed by atoms with Crippen molar-refractivity contribution in [2.45, 2.75) is 31.7 Å². The van der Waals surface area contributed by atoms with Crippen LogP contribution in [-0.2, 0) is 15.9 Å². The molecule has 164 valence electrons. The minimum atomic E-state index is -1.32. The van der Waals surface area contributed by atoms with E-state index in [1.54, 1.807) is 6.07 Å². The molecule has 0 radical (unpaired) electrons. The second-order valence-corrected chi connectivity index (χ2v) is 7.57. The Hall–Kier alpha value is -3.78. The number of allylic oxidation sites excluding steroid dienone is 1. The SMILES string of the molecule is O=C(O)c1cc(=O)c2ccc(OC(CCC3CO3)OC3=CCc4ccccc4O3)cc2o1. The fourth-order valence-electron chi connectivity index (χ4n) is 3.48. The second kappa shape index (κ2) is 8.39. The quantitative estimate of drug-likeness (QED) is 0.419. The van der Waals surface area contributed by atoms with Gasteiger partial charge < -0.3 is 28.5 Å². The molecule has 2 aliphatic rings. The van der Waals surface area contributed by atoms with Gasteiger partial charge in [-0.3, -0.25) is 4.79 Å². The fourth-order valence-corrected chi connectivity index (χ4v) is 3.48. The van der Waals surface area contributed by atoms with Crippen molar-refractivity contribution in [2.75, 3.05) is 6.61 Å². The Morgan fingerprint density at radius 3 is 2.81 bits per heavy atom. The molecule has 8 nitrogen and oxygen atoms in total. The van der Waals surface area contributed by atoms with Crippen LogP contribution >= 0.6 is 0 Å². The lowest BCUT2D eigenvalue weighted by molar-refractivity contribution is -0.0839. The van der Waals surface area contributed by atoms with Gasteiger partial charge in [-0.15, -0.1) is 0 Å². The highest BCUT2D eigenvalue weighted by atomic mass is 16.8. The van der Waals surface area contributed by atoms with Gasteiger partial charge in [0.25, 0.3) is 5.95 Å². The van der Waals surface area contributed by atoms with E-state index in [9.17, 15) is 9.59 Å². The Morgan fingerprint density at radius 1 is 1.16 bits per heavy atom. The van der Waals surface area contributed by atoms with E-state index in [0.717, 1.165) is 30.4 Å². The minimum Gasteiger partial charge on any atom is -0.475 e. The number of ether oxygens (including phenoxy) is 4. The molecule has 32 heavy (non-hydrogen) atoms. The molecule has 8 heteroatoms. The highest BCUT2D eigenvalue weighted by Crippen LogP contribution is 2.29. The van der Waals surface area contributed by atoms with E-state index < -0.39 is 23.4 Å². The standard InChI is InChI=1S/C24H20O8/c25-18-12-21(24(26)27)30-20-11-15(6-8-17(18)20)29-22(10-7-16-13-28-16)32-23-9-5-14-3-1-2-4-19(14)31-23/h1-4,6,8-9,11-12,16,22H,5,7,10,13H2,(H,26,27). The third-order valence-corrected chi connectivity index (χ3v) is 5.23. The lowest BCUT2D eigenvalue weighted by Gasteiger charge is -2.24. The van der Waals surface area contributed by atoms with Crippen LogP contribution in [0, 0.1) is 0 Å². The van der Waals surface area contributed by atoms with Gasteiger partial charge in [0, 0.05) is 31.1 Å². The lowest BCUT2D eigenvalue weighted by atomic mass is 10.1. The van der Waals surface area contributed by atoms with Crippen LogP contribution in [0.3, 0.4) is 0 Å². The summed E-state index contributed by atoms with van der Waals surface area (Å²) in [6.45, 7) is 0.721. The summed E-state index contributed by atoms with van der Waals surface area (Å²) in [4.78, 5) is 23.4. The first kappa shape index (κ1) is 20.1. The van der Waals surface area contributed by atoms with E-state index in [2.05, 4.69) is 0 Å². The molecule has 0 saturated carbocycles. The number of para-hydroxylation sites is 1. The first-order chi connectivity index (χ1) is 15.5. The van der Waals surface area contributed by atoms with Crippen LogP contribution in [0.4, 0.5) is 0 Å². The van der Waals surface area contributed by atoms with Gasteiger partial charge >= 0.3 is 5.97 Å². The Bertz CT molecular complexity index is 1250. The third-order valence-electron chi connectivity index (χ3n) is 5.23. The zero-order valence-corrected chi connectivity index (χ0v) is 17.0. The number of carbonyl (C=O) groups is 1. The summed E-state index contributed by atoms with van der Waals surface area (Å²) in [5.41, 5.74) is 0.759. The van der Waals surface area contributed by atoms with Gasteiger partial charge in [0.2, 0.25) is 12.1 Å². The zero-order valence-electron chi connectivity index (χ0n) is 17.0. The van der Waals surface area contributed by atoms with Crippen LogP contribution in [0.1, 0.15) is 29.0 Å². The summed E-state index contributed by atoms with van der Waals surface area (Å²) >= 11 is 0. The Balaban J connectivity index is 1.36. The molecule has 1 fully saturated rings. The number of benzene rings is 2. The molecule has 0 spiro atoms. The number of aromatic carboxylic acids is 1. The van der Waals surface area contributed by atoms with Gasteiger partial charge in [0.15, 0.2) is 5.43 Å². The minimum absolute atomic E-state index is 0.124. The zero-order chi connectivity index (χ0) is 22.1. The monoisotopic (exact) mass is 436 g/mol. The number of fused-ring (bicyclic) bond motifs is 2. The highest BCUT2D eigenvalue weighted by Gasteiger charge is 2.26. The Labute approximate surface area is 182 Å². The molecule has 0 amide bonds. The van der Waals surface area contributed by atoms with Crippen molar-refractivity contribution in [1.82, 2.24) is 0 Å². The van der Waals surface area contributed by atoms with Crippen molar-refractivity contribution in [1.29, 1.82) is 0 Å². The van der Waals surface area contributed by atoms with Crippen LogP contribution in [-0.4, -0.2) is 30.1 Å². The number of rotatable bonds is 8. The predicted molar refractivity (Wildman–Crippen MR) is 113 cm³/mol. The normalized spacial score (nSPS) is 17.6. The van der Waals surface area contributed by atoms with E-state index in [0.29, 0.717) is 24.5 Å². The van der Waals surface area contributed by atoms with E-state index in [1.807, 2.05) is 30.3 Å². The third kappa shape index (κ3) is 4.45. The average molecular weight is 436 g/mol. The lowest BCUT2D eigenvalue weighted by Crippen LogP contribution is -2.24. The number of carboxylic acid groups (broad SMARTS) is 1. The maximum absolute atomic E-state index is 12.2. The second-order valence-electron chi connectivity index (χ2n) is 7.57. The Morgan fingerprint density at radius 2 is 2.00 bits per heavy atom. The first-order valence-corrected chi connectivity index (χ1v) is 10.3. The first-order valence-electron chi connectivity index (χ1n) is 10.3. The summed E-state index contributed by atoms with van der Waals surface area (Å²) < 4.78 is 28.5. The molecule has 2 aliphatic heterocycles. The largest absolute Gasteiger partial charge is 0.475 e. The number of hydrogen-bond donors (Lipinski definition) is 1. The van der Waals surface area contributed by atoms with E-state index in [1.165, 1.54) is 12.1 Å². The van der Waals surface area contributed by atoms with Crippen LogP contribution in [0.15, 0.2) is 69.8 Å². The smallest absolute Gasteiger partial charge is 0.371 e. The average Bonchev–Trinajstić information content (AvgIpc) is 3.62. The van der Waals surface area contributed by atoms with E-state index >= 15 is 0 Å². The van der Waals surface area contributed by atoms with Gasteiger partial charge in [0.1, 0.15) is 17.1 Å². The molecule has 1 aromatic heterocycles. The van der Waals surface area contributed by atoms with Crippen molar-refractivity contribution in [3.63, 3.8) is 0 Å². The van der Waals surface area contributed by atoms with Crippen LogP contribution in [0.2, 0.25) is 0 Å². The van der Waals surface area contributed by atoms with Crippen molar-refractivity contribution in [3.8, 4) is 11.5 Å². The molecule has 2 atom stereocenters. The number of hydrogen-bond acceptors (Lipinski definition) is 7. The van der Waals surface area contributed by atoms with Crippen molar-refractivity contribution in [2.24, 2.45) is 0 Å². The van der Waals surface area contributed by atoms with E-state index in [4.69, 9.17) is 28.5 Å². The molecule has 0 bridgehead atoms. The van der Waals surface area contributed by atoms with Gasteiger partial charge in [0.05, 0.1) is 18.1 Å². The van der Waals surface area contributed by atoms with Crippen molar-refractivity contribution in [3.05, 3.63) is 82.1 Å². The molecule has 1 N–H and O–H groups in total. The van der Waals surface area contributed by atoms with Gasteiger partial charge in [-0.05, 0) is 30.2 Å². The highest BCUT2D eigenvalue weighted by molar-refractivity contribution is 5.87. The molecule has 1 saturated heterocycles. The summed E-state index contributed by atoms with van der Waals surface area (Å²) in [6, 6.07) is 13.3. The molecule has 0 aliphatic carbocycles. The van der Waals surface area contributed by atoms with Crippen LogP contribution < -0.4 is 14.9 Å². The summed E-state index contributed by atoms with van der Waals surface area (Å²) in [5.74, 6) is -0.282. The molecule has 3 aromatic rings. The molecule has 2 unspecified atom stereocenters. The number of carboxylic acids is 1. The molecule has 5 rings (SSSR count). The summed E-state index contributed by atoms with van der Waals surface area (Å²) in [6.07, 6.45) is 3.35. The summed E-state index contributed by atoms with van der Waals surface area (Å²) in [7, 11) is 0. The fraction of sp³-hybridized carbons (Fsp3) is 0.250. The number of epoxide rings is 1. The molecule has 3 heterocycles. The van der Waals surface area contributed by atoms with Gasteiger partial charge in [-0.2, -0.15) is 0 Å². The van der Waals surface area contributed by atoms with Crippen molar-refractivity contribution < 1.29 is 33.3 Å². The summed E-state index contributed by atoms with van der Waals surface area (Å²) in [5, 5.41) is 9.41. The van der Waals surface area contributed by atoms with Crippen LogP contribution in [0.5, 0.6) is 11.5 Å². The maximum atomic E-state index is 12.2. The van der Waals surface area contributed by atoms with Crippen molar-refractivity contribution >= 4 is 16.9 Å². The Kier molecular flexibility index (Phi) is 5.28. The molecular weight excluding hydrogens is 416 g/mol.